The fourth-order valence-corrected chi connectivity index (χ4v) is 4.67. The predicted octanol–water partition coefficient (Wildman–Crippen LogP) is 4.57. The number of fused-ring (bicyclic) bond motifs is 1. The quantitative estimate of drug-likeness (QED) is 0.153. The van der Waals surface area contributed by atoms with Gasteiger partial charge in [-0.3, -0.25) is 0 Å². The molecule has 1 atom stereocenters. The van der Waals surface area contributed by atoms with Crippen LogP contribution in [0.25, 0.3) is 16.6 Å². The van der Waals surface area contributed by atoms with Crippen LogP contribution < -0.4 is 5.73 Å². The van der Waals surface area contributed by atoms with Gasteiger partial charge in [0, 0.05) is 36.7 Å². The van der Waals surface area contributed by atoms with E-state index >= 15 is 0 Å². The number of rotatable bonds is 7. The molecule has 17 heteroatoms. The number of azo groups is 1. The number of aromatic nitrogens is 3. The van der Waals surface area contributed by atoms with Gasteiger partial charge in [0.25, 0.3) is 0 Å². The Morgan fingerprint density at radius 3 is 2.40 bits per heavy atom. The van der Waals surface area contributed by atoms with E-state index in [9.17, 15) is 22.7 Å². The van der Waals surface area contributed by atoms with Gasteiger partial charge in [-0.15, -0.1) is 5.10 Å². The standard InChI is InChI=1S/C16H15B2FN6S.C9H14B2FNO.C3H6F2/c1-8-5-9(3-4-11(8)23-21-2)13-10(19)7-25-14(13)12(6-16(17,18)26)22-15(20)24-25;1-7(9(10,11)14)13-5-3-4-8(2,12)6-13;1-2-3(4)5/h3-5,7,26H,6H2,1-2H3,(H2,20,24);14H,1,3-6H2,2H3;3H,2H2,1H3. The Bertz CT molecular complexity index is 1490. The van der Waals surface area contributed by atoms with Gasteiger partial charge in [-0.1, -0.05) is 24.1 Å². The number of benzene rings is 1. The average Bonchev–Trinajstić information content (AvgIpc) is 3.23. The van der Waals surface area contributed by atoms with Gasteiger partial charge < -0.3 is 15.7 Å². The van der Waals surface area contributed by atoms with Crippen molar-refractivity contribution < 1.29 is 22.7 Å². The summed E-state index contributed by atoms with van der Waals surface area (Å²) in [6.07, 6.45) is 0.403. The molecule has 0 saturated carbocycles. The van der Waals surface area contributed by atoms with Crippen LogP contribution >= 0.6 is 12.6 Å². The number of alkyl halides is 3. The van der Waals surface area contributed by atoms with Crippen LogP contribution in [-0.2, 0) is 6.42 Å². The summed E-state index contributed by atoms with van der Waals surface area (Å²) < 4.78 is 49.9. The van der Waals surface area contributed by atoms with Gasteiger partial charge in [0.2, 0.25) is 12.4 Å². The first-order valence-corrected chi connectivity index (χ1v) is 14.4. The number of hydrogen-bond acceptors (Lipinski definition) is 8. The molecule has 8 radical (unpaired) electrons. The summed E-state index contributed by atoms with van der Waals surface area (Å²) in [5, 5.41) is 19.2. The van der Waals surface area contributed by atoms with Crippen LogP contribution in [0.1, 0.15) is 44.4 Å². The molecule has 3 aromatic rings. The molecule has 234 valence electrons. The van der Waals surface area contributed by atoms with E-state index < -0.39 is 27.9 Å². The highest BCUT2D eigenvalue weighted by Gasteiger charge is 2.33. The van der Waals surface area contributed by atoms with Crippen molar-refractivity contribution in [1.29, 1.82) is 0 Å². The van der Waals surface area contributed by atoms with E-state index in [1.807, 2.05) is 13.0 Å². The Balaban J connectivity index is 0.000000311. The largest absolute Gasteiger partial charge is 0.403 e. The van der Waals surface area contributed by atoms with Crippen LogP contribution in [0.2, 0.25) is 0 Å². The van der Waals surface area contributed by atoms with E-state index in [0.29, 0.717) is 47.4 Å². The van der Waals surface area contributed by atoms with Gasteiger partial charge in [-0.05, 0) is 56.4 Å². The molecule has 0 amide bonds. The first-order chi connectivity index (χ1) is 20.7. The fraction of sp³-hybridized carbons (Fsp3) is 0.500. The molecule has 1 unspecified atom stereocenters. The highest BCUT2D eigenvalue weighted by atomic mass is 32.1. The van der Waals surface area contributed by atoms with Gasteiger partial charge in [0.1, 0.15) is 21.4 Å². The topological polar surface area (TPSA) is 104 Å². The normalized spacial score (nSPS) is 17.2. The van der Waals surface area contributed by atoms with E-state index in [1.54, 1.807) is 24.1 Å². The molecule has 0 bridgehead atoms. The summed E-state index contributed by atoms with van der Waals surface area (Å²) in [5.74, 6) is -0.476. The molecule has 4 rings (SSSR count). The molecule has 0 spiro atoms. The maximum absolute atomic E-state index is 14.8. The van der Waals surface area contributed by atoms with E-state index in [4.69, 9.17) is 37.1 Å². The summed E-state index contributed by atoms with van der Waals surface area (Å²) in [6, 6.07) is 5.35. The summed E-state index contributed by atoms with van der Waals surface area (Å²) in [6.45, 7) is 9.24. The van der Waals surface area contributed by atoms with Gasteiger partial charge in [0.05, 0.1) is 45.3 Å². The molecule has 1 aromatic carbocycles. The van der Waals surface area contributed by atoms with Crippen molar-refractivity contribution in [2.75, 3.05) is 25.9 Å². The number of hydrogen-bond donors (Lipinski definition) is 3. The van der Waals surface area contributed by atoms with Crippen molar-refractivity contribution in [3.05, 3.63) is 53.7 Å². The molecule has 1 fully saturated rings. The number of anilines is 1. The molecule has 1 aliphatic rings. The van der Waals surface area contributed by atoms with Crippen LogP contribution in [-0.4, -0.2) is 98.2 Å². The van der Waals surface area contributed by atoms with Crippen LogP contribution in [0.4, 0.5) is 29.2 Å². The highest BCUT2D eigenvalue weighted by Crippen LogP contribution is 2.34. The molecule has 1 saturated heterocycles. The van der Waals surface area contributed by atoms with Crippen molar-refractivity contribution >= 4 is 61.2 Å². The minimum atomic E-state index is -2.12. The predicted molar refractivity (Wildman–Crippen MR) is 177 cm³/mol. The fourth-order valence-electron chi connectivity index (χ4n) is 4.52. The Morgan fingerprint density at radius 2 is 1.91 bits per heavy atom. The number of nitrogen functional groups attached to an aromatic ring is 1. The lowest BCUT2D eigenvalue weighted by Crippen LogP contribution is -2.49. The summed E-state index contributed by atoms with van der Waals surface area (Å²) in [5.41, 5.74) is 8.02. The second kappa shape index (κ2) is 15.6. The SMILES string of the molecule is CCC(F)F.[B]C([B])(O)C(=C)N1CCCC(C)(F)C1.[B]C([B])(S)Cc1nc(N)nn2cc(F)c(-c3ccc(N=NC)c(C)c3)c12. The van der Waals surface area contributed by atoms with E-state index in [1.165, 1.54) is 24.6 Å². The van der Waals surface area contributed by atoms with Crippen LogP contribution in [0.15, 0.2) is 46.9 Å². The first-order valence-electron chi connectivity index (χ1n) is 13.9. The minimum Gasteiger partial charge on any atom is -0.403 e. The monoisotopic (exact) mass is 637 g/mol. The Labute approximate surface area is 272 Å². The van der Waals surface area contributed by atoms with Crippen molar-refractivity contribution in [2.24, 2.45) is 10.2 Å². The van der Waals surface area contributed by atoms with Crippen LogP contribution in [0.3, 0.4) is 0 Å². The zero-order chi connectivity index (χ0) is 34.3. The summed E-state index contributed by atoms with van der Waals surface area (Å²) >= 11 is 4.14. The Hall–Kier alpha value is -2.93. The van der Waals surface area contributed by atoms with E-state index in [0.717, 1.165) is 5.56 Å². The van der Waals surface area contributed by atoms with Crippen molar-refractivity contribution in [3.8, 4) is 11.1 Å². The first kappa shape index (κ1) is 38.3. The van der Waals surface area contributed by atoms with Gasteiger partial charge >= 0.3 is 0 Å². The van der Waals surface area contributed by atoms with Gasteiger partial charge in [0.15, 0.2) is 5.82 Å². The lowest BCUT2D eigenvalue weighted by atomic mass is 9.63. The average molecular weight is 637 g/mol. The number of likely N-dealkylation sites (tertiary alicyclic amines) is 1. The number of piperidine rings is 1. The second-order valence-corrected chi connectivity index (χ2v) is 11.9. The summed E-state index contributed by atoms with van der Waals surface area (Å²) in [7, 11) is 23.7. The Kier molecular flexibility index (Phi) is 13.2. The lowest BCUT2D eigenvalue weighted by Gasteiger charge is -2.41. The van der Waals surface area contributed by atoms with Crippen molar-refractivity contribution in [2.45, 2.75) is 68.5 Å². The van der Waals surface area contributed by atoms with Crippen molar-refractivity contribution in [1.82, 2.24) is 19.5 Å². The second-order valence-electron chi connectivity index (χ2n) is 11.0. The molecule has 8 nitrogen and oxygen atoms in total. The highest BCUT2D eigenvalue weighted by molar-refractivity contribution is 7.84. The van der Waals surface area contributed by atoms with Crippen molar-refractivity contribution in [3.63, 3.8) is 0 Å². The molecule has 2 aromatic heterocycles. The van der Waals surface area contributed by atoms with E-state index in [-0.39, 0.29) is 31.0 Å². The Morgan fingerprint density at radius 1 is 1.29 bits per heavy atom. The molecule has 1 aliphatic heterocycles. The molecule has 3 heterocycles. The number of aryl methyl sites for hydroxylation is 1. The number of nitrogens with zero attached hydrogens (tertiary/aromatic N) is 6. The molecular weight excluding hydrogens is 602 g/mol. The third kappa shape index (κ3) is 11.4. The smallest absolute Gasteiger partial charge is 0.238 e. The minimum absolute atomic E-state index is 0.0125. The zero-order valence-corrected chi connectivity index (χ0v) is 26.7. The third-order valence-electron chi connectivity index (χ3n) is 6.62. The molecular formula is C28H35B4F4N7OS. The number of nitrogens with two attached hydrogens (primary N) is 1. The van der Waals surface area contributed by atoms with E-state index in [2.05, 4.69) is 39.5 Å². The van der Waals surface area contributed by atoms with Gasteiger partial charge in [-0.25, -0.2) is 27.1 Å². The number of thiol groups is 1. The van der Waals surface area contributed by atoms with Crippen LogP contribution in [0.5, 0.6) is 0 Å². The lowest BCUT2D eigenvalue weighted by molar-refractivity contribution is 0.0648. The molecule has 0 aliphatic carbocycles. The number of aliphatic hydroxyl groups is 1. The van der Waals surface area contributed by atoms with Gasteiger partial charge in [-0.2, -0.15) is 22.9 Å². The maximum atomic E-state index is 14.8. The maximum Gasteiger partial charge on any atom is 0.238 e. The molecule has 45 heavy (non-hydrogen) atoms. The number of halogens is 4. The molecule has 3 N–H and O–H groups in total. The third-order valence-corrected chi connectivity index (χ3v) is 6.77. The van der Waals surface area contributed by atoms with Crippen LogP contribution in [0, 0.1) is 12.7 Å². The summed E-state index contributed by atoms with van der Waals surface area (Å²) in [4.78, 5) is 5.79. The zero-order valence-electron chi connectivity index (χ0n) is 25.8.